The van der Waals surface area contributed by atoms with Gasteiger partial charge in [0.25, 0.3) is 0 Å². The van der Waals surface area contributed by atoms with Gasteiger partial charge in [-0.1, -0.05) is 13.8 Å². The second-order valence-electron chi connectivity index (χ2n) is 7.25. The molecule has 0 spiro atoms. The number of thiazole rings is 1. The molecule has 6 nitrogen and oxygen atoms in total. The van der Waals surface area contributed by atoms with Crippen molar-refractivity contribution >= 4 is 17.3 Å². The Hall–Kier alpha value is -1.18. The van der Waals surface area contributed by atoms with Crippen molar-refractivity contribution in [3.05, 3.63) is 16.1 Å². The number of ether oxygens (including phenoxy) is 1. The number of likely N-dealkylation sites (tertiary alicyclic amines) is 1. The van der Waals surface area contributed by atoms with Crippen LogP contribution in [-0.2, 0) is 11.3 Å². The molecule has 3 rings (SSSR count). The topological polar surface area (TPSA) is 53.0 Å². The van der Waals surface area contributed by atoms with Crippen molar-refractivity contribution in [2.45, 2.75) is 32.7 Å². The molecule has 1 atom stereocenters. The summed E-state index contributed by atoms with van der Waals surface area (Å²) in [5.74, 6) is 2.23. The van der Waals surface area contributed by atoms with E-state index >= 15 is 0 Å². The highest BCUT2D eigenvalue weighted by Gasteiger charge is 2.27. The van der Waals surface area contributed by atoms with E-state index in [9.17, 15) is 0 Å². The van der Waals surface area contributed by atoms with Crippen molar-refractivity contribution in [1.29, 1.82) is 0 Å². The van der Waals surface area contributed by atoms with E-state index in [1.807, 2.05) is 7.05 Å². The molecule has 2 aliphatic rings. The molecule has 7 heteroatoms. The van der Waals surface area contributed by atoms with Gasteiger partial charge in [0.1, 0.15) is 0 Å². The Morgan fingerprint density at radius 1 is 1.40 bits per heavy atom. The minimum atomic E-state index is 0.498. The van der Waals surface area contributed by atoms with E-state index in [-0.39, 0.29) is 0 Å². The highest BCUT2D eigenvalue weighted by molar-refractivity contribution is 7.09. The van der Waals surface area contributed by atoms with Crippen LogP contribution in [0.3, 0.4) is 0 Å². The fraction of sp³-hybridized carbons (Fsp3) is 0.778. The van der Waals surface area contributed by atoms with E-state index in [4.69, 9.17) is 9.72 Å². The van der Waals surface area contributed by atoms with Gasteiger partial charge in [0.05, 0.1) is 30.5 Å². The molecule has 2 fully saturated rings. The predicted molar refractivity (Wildman–Crippen MR) is 103 cm³/mol. The number of morpholine rings is 1. The lowest BCUT2D eigenvalue weighted by Crippen LogP contribution is -2.42. The van der Waals surface area contributed by atoms with Crippen molar-refractivity contribution in [2.24, 2.45) is 10.9 Å². The van der Waals surface area contributed by atoms with E-state index in [1.54, 1.807) is 11.3 Å². The van der Waals surface area contributed by atoms with Crippen molar-refractivity contribution in [1.82, 2.24) is 20.1 Å². The summed E-state index contributed by atoms with van der Waals surface area (Å²) in [5.41, 5.74) is 1.11. The minimum absolute atomic E-state index is 0.498. The zero-order valence-corrected chi connectivity index (χ0v) is 16.5. The van der Waals surface area contributed by atoms with E-state index in [2.05, 4.69) is 39.3 Å². The van der Waals surface area contributed by atoms with Gasteiger partial charge < -0.3 is 15.0 Å². The van der Waals surface area contributed by atoms with Gasteiger partial charge in [0.2, 0.25) is 0 Å². The zero-order chi connectivity index (χ0) is 17.6. The summed E-state index contributed by atoms with van der Waals surface area (Å²) in [7, 11) is 1.87. The molecule has 3 heterocycles. The molecule has 0 saturated carbocycles. The monoisotopic (exact) mass is 365 g/mol. The molecular weight excluding hydrogens is 334 g/mol. The molecule has 140 valence electrons. The second kappa shape index (κ2) is 8.96. The van der Waals surface area contributed by atoms with Gasteiger partial charge >= 0.3 is 0 Å². The Kier molecular flexibility index (Phi) is 6.67. The molecule has 1 aromatic rings. The number of aliphatic imine (C=N–C) groups is 1. The summed E-state index contributed by atoms with van der Waals surface area (Å²) >= 11 is 1.75. The fourth-order valence-electron chi connectivity index (χ4n) is 3.49. The van der Waals surface area contributed by atoms with Gasteiger partial charge in [-0.2, -0.15) is 0 Å². The molecule has 2 aliphatic heterocycles. The minimum Gasteiger partial charge on any atom is -0.379 e. The summed E-state index contributed by atoms with van der Waals surface area (Å²) < 4.78 is 5.45. The molecule has 0 bridgehead atoms. The molecule has 1 N–H and O–H groups in total. The maximum absolute atomic E-state index is 5.45. The van der Waals surface area contributed by atoms with Crippen LogP contribution in [0, 0.1) is 5.92 Å². The SMILES string of the molecule is CN=C(NCc1csc(C(C)C)n1)N1CCC(CN2CCOCC2)C1. The maximum atomic E-state index is 5.45. The third-order valence-electron chi connectivity index (χ3n) is 4.91. The molecule has 0 amide bonds. The first-order valence-electron chi connectivity index (χ1n) is 9.35. The number of hydrogen-bond acceptors (Lipinski definition) is 5. The van der Waals surface area contributed by atoms with Gasteiger partial charge in [-0.3, -0.25) is 9.89 Å². The van der Waals surface area contributed by atoms with Crippen molar-refractivity contribution in [3.8, 4) is 0 Å². The average molecular weight is 366 g/mol. The van der Waals surface area contributed by atoms with Crippen molar-refractivity contribution < 1.29 is 4.74 Å². The molecule has 0 radical (unpaired) electrons. The second-order valence-corrected chi connectivity index (χ2v) is 8.14. The Balaban J connectivity index is 1.46. The van der Waals surface area contributed by atoms with Crippen LogP contribution in [0.25, 0.3) is 0 Å². The van der Waals surface area contributed by atoms with Crippen LogP contribution < -0.4 is 5.32 Å². The molecule has 0 aliphatic carbocycles. The lowest BCUT2D eigenvalue weighted by atomic mass is 10.1. The molecule has 25 heavy (non-hydrogen) atoms. The van der Waals surface area contributed by atoms with Crippen LogP contribution in [0.1, 0.15) is 36.9 Å². The number of guanidine groups is 1. The first-order valence-corrected chi connectivity index (χ1v) is 10.2. The number of nitrogens with zero attached hydrogens (tertiary/aromatic N) is 4. The molecular formula is C18H31N5OS. The molecule has 1 aromatic heterocycles. The Bertz CT molecular complexity index is 568. The number of hydrogen-bond donors (Lipinski definition) is 1. The summed E-state index contributed by atoms with van der Waals surface area (Å²) in [6.07, 6.45) is 1.24. The number of nitrogens with one attached hydrogen (secondary N) is 1. The highest BCUT2D eigenvalue weighted by Crippen LogP contribution is 2.20. The summed E-state index contributed by atoms with van der Waals surface area (Å²) in [4.78, 5) is 14.1. The van der Waals surface area contributed by atoms with Gasteiger partial charge in [-0.05, 0) is 12.3 Å². The third-order valence-corrected chi connectivity index (χ3v) is 6.10. The normalized spacial score (nSPS) is 22.8. The summed E-state index contributed by atoms with van der Waals surface area (Å²) in [6.45, 7) is 12.4. The smallest absolute Gasteiger partial charge is 0.193 e. The van der Waals surface area contributed by atoms with Crippen LogP contribution >= 0.6 is 11.3 Å². The van der Waals surface area contributed by atoms with Gasteiger partial charge in [-0.25, -0.2) is 4.98 Å². The van der Waals surface area contributed by atoms with E-state index in [0.717, 1.165) is 63.5 Å². The van der Waals surface area contributed by atoms with Gasteiger partial charge in [-0.15, -0.1) is 11.3 Å². The van der Waals surface area contributed by atoms with Gasteiger partial charge in [0, 0.05) is 51.1 Å². The Morgan fingerprint density at radius 2 is 2.20 bits per heavy atom. The van der Waals surface area contributed by atoms with Crippen LogP contribution in [-0.4, -0.2) is 73.7 Å². The molecule has 0 aromatic carbocycles. The summed E-state index contributed by atoms with van der Waals surface area (Å²) in [5, 5.41) is 6.85. The first-order chi connectivity index (χ1) is 12.2. The average Bonchev–Trinajstić information content (AvgIpc) is 3.26. The Labute approximate surface area is 155 Å². The van der Waals surface area contributed by atoms with Crippen LogP contribution in [0.15, 0.2) is 10.4 Å². The highest BCUT2D eigenvalue weighted by atomic mass is 32.1. The number of aromatic nitrogens is 1. The van der Waals surface area contributed by atoms with Crippen LogP contribution in [0.2, 0.25) is 0 Å². The van der Waals surface area contributed by atoms with E-state index < -0.39 is 0 Å². The van der Waals surface area contributed by atoms with E-state index in [1.165, 1.54) is 18.0 Å². The largest absolute Gasteiger partial charge is 0.379 e. The fourth-order valence-corrected chi connectivity index (χ4v) is 4.33. The summed E-state index contributed by atoms with van der Waals surface area (Å²) in [6, 6.07) is 0. The number of rotatable bonds is 5. The van der Waals surface area contributed by atoms with Gasteiger partial charge in [0.15, 0.2) is 5.96 Å². The van der Waals surface area contributed by atoms with Crippen LogP contribution in [0.5, 0.6) is 0 Å². The standard InChI is InChI=1S/C18H31N5OS/c1-14(2)17-21-16(13-25-17)10-20-18(19-3)23-5-4-15(12-23)11-22-6-8-24-9-7-22/h13-15H,4-12H2,1-3H3,(H,19,20). The molecule has 2 saturated heterocycles. The van der Waals surface area contributed by atoms with E-state index in [0.29, 0.717) is 5.92 Å². The van der Waals surface area contributed by atoms with Crippen LogP contribution in [0.4, 0.5) is 0 Å². The zero-order valence-electron chi connectivity index (χ0n) is 15.7. The maximum Gasteiger partial charge on any atom is 0.193 e. The van der Waals surface area contributed by atoms with Crippen molar-refractivity contribution in [3.63, 3.8) is 0 Å². The molecule has 1 unspecified atom stereocenters. The quantitative estimate of drug-likeness (QED) is 0.639. The Morgan fingerprint density at radius 3 is 2.88 bits per heavy atom. The lowest BCUT2D eigenvalue weighted by Gasteiger charge is -2.29. The van der Waals surface area contributed by atoms with Crippen molar-refractivity contribution in [2.75, 3.05) is 53.0 Å². The predicted octanol–water partition coefficient (Wildman–Crippen LogP) is 2.00. The first kappa shape index (κ1) is 18.6. The lowest BCUT2D eigenvalue weighted by molar-refractivity contribution is 0.0315. The third kappa shape index (κ3) is 5.15.